The summed E-state index contributed by atoms with van der Waals surface area (Å²) in [5, 5.41) is 13.0. The van der Waals surface area contributed by atoms with Gasteiger partial charge in [-0.2, -0.15) is 9.97 Å². The molecule has 108 valence electrons. The minimum absolute atomic E-state index is 0.224. The Bertz CT molecular complexity index is 598. The van der Waals surface area contributed by atoms with Gasteiger partial charge in [0.2, 0.25) is 5.95 Å². The number of aromatic amines is 1. The summed E-state index contributed by atoms with van der Waals surface area (Å²) in [6, 6.07) is 0. The van der Waals surface area contributed by atoms with Crippen LogP contribution in [0.2, 0.25) is 0 Å². The van der Waals surface area contributed by atoms with E-state index < -0.39 is 0 Å². The number of fused-ring (bicyclic) bond motifs is 1. The van der Waals surface area contributed by atoms with E-state index in [1.54, 1.807) is 6.33 Å². The van der Waals surface area contributed by atoms with Crippen LogP contribution in [0, 0.1) is 5.92 Å². The van der Waals surface area contributed by atoms with Gasteiger partial charge in [0.15, 0.2) is 11.5 Å². The quantitative estimate of drug-likeness (QED) is 0.774. The highest BCUT2D eigenvalue weighted by Crippen LogP contribution is 2.27. The van der Waals surface area contributed by atoms with Crippen LogP contribution < -0.4 is 10.2 Å². The third kappa shape index (κ3) is 2.29. The van der Waals surface area contributed by atoms with E-state index in [4.69, 9.17) is 0 Å². The SMILES string of the molecule is CCNc1nc(N2CCC(O)C(C)C2)c2[nH]cnc2n1. The second-order valence-corrected chi connectivity index (χ2v) is 5.28. The first-order chi connectivity index (χ1) is 9.69. The van der Waals surface area contributed by atoms with Crippen molar-refractivity contribution in [2.45, 2.75) is 26.4 Å². The van der Waals surface area contributed by atoms with Crippen molar-refractivity contribution < 1.29 is 5.11 Å². The maximum atomic E-state index is 9.86. The van der Waals surface area contributed by atoms with Crippen molar-refractivity contribution in [3.63, 3.8) is 0 Å². The van der Waals surface area contributed by atoms with Gasteiger partial charge in [0.1, 0.15) is 5.52 Å². The van der Waals surface area contributed by atoms with Gasteiger partial charge in [-0.1, -0.05) is 6.92 Å². The van der Waals surface area contributed by atoms with Gasteiger partial charge in [-0.05, 0) is 19.3 Å². The molecule has 20 heavy (non-hydrogen) atoms. The standard InChI is InChI=1S/C13H20N6O/c1-3-14-13-17-11-10(15-7-16-11)12(18-13)19-5-4-9(20)8(2)6-19/h7-9,20H,3-6H2,1-2H3,(H2,14,15,16,17,18). The zero-order valence-corrected chi connectivity index (χ0v) is 11.8. The summed E-state index contributed by atoms with van der Waals surface area (Å²) in [7, 11) is 0. The molecule has 3 N–H and O–H groups in total. The Morgan fingerprint density at radius 2 is 2.35 bits per heavy atom. The van der Waals surface area contributed by atoms with Gasteiger partial charge in [-0.25, -0.2) is 4.98 Å². The van der Waals surface area contributed by atoms with Crippen molar-refractivity contribution in [2.75, 3.05) is 29.9 Å². The highest BCUT2D eigenvalue weighted by atomic mass is 16.3. The van der Waals surface area contributed by atoms with Crippen LogP contribution in [-0.4, -0.2) is 50.8 Å². The molecule has 0 aliphatic carbocycles. The van der Waals surface area contributed by atoms with Gasteiger partial charge >= 0.3 is 0 Å². The van der Waals surface area contributed by atoms with E-state index in [9.17, 15) is 5.11 Å². The Kier molecular flexibility index (Phi) is 3.43. The summed E-state index contributed by atoms with van der Waals surface area (Å²) in [6.07, 6.45) is 2.18. The zero-order chi connectivity index (χ0) is 14.1. The van der Waals surface area contributed by atoms with Crippen LogP contribution in [0.5, 0.6) is 0 Å². The molecular formula is C13H20N6O. The van der Waals surface area contributed by atoms with E-state index in [1.807, 2.05) is 6.92 Å². The molecule has 3 heterocycles. The van der Waals surface area contributed by atoms with Crippen LogP contribution in [-0.2, 0) is 0 Å². The minimum atomic E-state index is -0.224. The Labute approximate surface area is 117 Å². The molecule has 3 rings (SSSR count). The Hall–Kier alpha value is -1.89. The number of imidazole rings is 1. The topological polar surface area (TPSA) is 90.0 Å². The van der Waals surface area contributed by atoms with E-state index in [2.05, 4.69) is 37.1 Å². The van der Waals surface area contributed by atoms with Crippen molar-refractivity contribution in [1.82, 2.24) is 19.9 Å². The van der Waals surface area contributed by atoms with Crippen LogP contribution in [0.15, 0.2) is 6.33 Å². The summed E-state index contributed by atoms with van der Waals surface area (Å²) in [4.78, 5) is 18.5. The number of aromatic nitrogens is 4. The van der Waals surface area contributed by atoms with Crippen LogP contribution in [0.25, 0.3) is 11.2 Å². The fourth-order valence-corrected chi connectivity index (χ4v) is 2.61. The number of hydrogen-bond acceptors (Lipinski definition) is 6. The number of aliphatic hydroxyl groups is 1. The smallest absolute Gasteiger partial charge is 0.226 e. The lowest BCUT2D eigenvalue weighted by molar-refractivity contribution is 0.0969. The number of nitrogens with one attached hydrogen (secondary N) is 2. The predicted octanol–water partition coefficient (Wildman–Crippen LogP) is 0.992. The minimum Gasteiger partial charge on any atom is -0.393 e. The molecule has 1 aliphatic heterocycles. The fraction of sp³-hybridized carbons (Fsp3) is 0.615. The monoisotopic (exact) mass is 276 g/mol. The van der Waals surface area contributed by atoms with Crippen LogP contribution in [0.4, 0.5) is 11.8 Å². The van der Waals surface area contributed by atoms with Crippen molar-refractivity contribution in [2.24, 2.45) is 5.92 Å². The van der Waals surface area contributed by atoms with Crippen molar-refractivity contribution in [1.29, 1.82) is 0 Å². The van der Waals surface area contributed by atoms with Gasteiger partial charge in [0.25, 0.3) is 0 Å². The average Bonchev–Trinajstić information content (AvgIpc) is 2.89. The first kappa shape index (κ1) is 13.1. The van der Waals surface area contributed by atoms with Gasteiger partial charge < -0.3 is 20.3 Å². The van der Waals surface area contributed by atoms with Gasteiger partial charge in [0.05, 0.1) is 12.4 Å². The van der Waals surface area contributed by atoms with Crippen molar-refractivity contribution in [3.05, 3.63) is 6.33 Å². The molecule has 7 heteroatoms. The molecule has 1 saturated heterocycles. The van der Waals surface area contributed by atoms with Crippen LogP contribution in [0.3, 0.4) is 0 Å². The molecule has 0 saturated carbocycles. The molecule has 0 aromatic carbocycles. The molecule has 0 spiro atoms. The first-order valence-electron chi connectivity index (χ1n) is 7.07. The van der Waals surface area contributed by atoms with Crippen molar-refractivity contribution >= 4 is 22.9 Å². The fourth-order valence-electron chi connectivity index (χ4n) is 2.61. The third-order valence-corrected chi connectivity index (χ3v) is 3.76. The van der Waals surface area contributed by atoms with Crippen LogP contribution >= 0.6 is 0 Å². The molecule has 0 radical (unpaired) electrons. The van der Waals surface area contributed by atoms with Crippen LogP contribution in [0.1, 0.15) is 20.3 Å². The third-order valence-electron chi connectivity index (χ3n) is 3.76. The Balaban J connectivity index is 1.98. The Morgan fingerprint density at radius 3 is 3.10 bits per heavy atom. The number of hydrogen-bond donors (Lipinski definition) is 3. The van der Waals surface area contributed by atoms with Gasteiger partial charge in [-0.15, -0.1) is 0 Å². The largest absolute Gasteiger partial charge is 0.393 e. The van der Waals surface area contributed by atoms with E-state index in [0.29, 0.717) is 11.6 Å². The predicted molar refractivity (Wildman–Crippen MR) is 77.8 cm³/mol. The lowest BCUT2D eigenvalue weighted by Gasteiger charge is -2.35. The number of rotatable bonds is 3. The summed E-state index contributed by atoms with van der Waals surface area (Å²) in [5.41, 5.74) is 1.53. The van der Waals surface area contributed by atoms with E-state index in [-0.39, 0.29) is 12.0 Å². The second-order valence-electron chi connectivity index (χ2n) is 5.28. The van der Waals surface area contributed by atoms with Gasteiger partial charge in [0, 0.05) is 19.6 Å². The Morgan fingerprint density at radius 1 is 1.50 bits per heavy atom. The molecule has 2 aromatic heterocycles. The van der Waals surface area contributed by atoms with Crippen molar-refractivity contribution in [3.8, 4) is 0 Å². The molecule has 2 atom stereocenters. The lowest BCUT2D eigenvalue weighted by Crippen LogP contribution is -2.42. The molecule has 0 bridgehead atoms. The number of H-pyrrole nitrogens is 1. The number of nitrogens with zero attached hydrogens (tertiary/aromatic N) is 4. The molecular weight excluding hydrogens is 256 g/mol. The number of aliphatic hydroxyl groups excluding tert-OH is 1. The second kappa shape index (κ2) is 5.24. The van der Waals surface area contributed by atoms with E-state index in [1.165, 1.54) is 0 Å². The number of piperidine rings is 1. The number of anilines is 2. The average molecular weight is 276 g/mol. The summed E-state index contributed by atoms with van der Waals surface area (Å²) < 4.78 is 0. The molecule has 2 aromatic rings. The molecule has 1 fully saturated rings. The summed E-state index contributed by atoms with van der Waals surface area (Å²) in [5.74, 6) is 1.70. The molecule has 2 unspecified atom stereocenters. The zero-order valence-electron chi connectivity index (χ0n) is 11.8. The lowest BCUT2D eigenvalue weighted by atomic mass is 9.97. The maximum absolute atomic E-state index is 9.86. The van der Waals surface area contributed by atoms with Gasteiger partial charge in [-0.3, -0.25) is 0 Å². The van der Waals surface area contributed by atoms with E-state index in [0.717, 1.165) is 37.4 Å². The summed E-state index contributed by atoms with van der Waals surface area (Å²) >= 11 is 0. The highest BCUT2D eigenvalue weighted by Gasteiger charge is 2.27. The molecule has 7 nitrogen and oxygen atoms in total. The maximum Gasteiger partial charge on any atom is 0.226 e. The first-order valence-corrected chi connectivity index (χ1v) is 7.07. The summed E-state index contributed by atoms with van der Waals surface area (Å²) in [6.45, 7) is 6.43. The normalized spacial score (nSPS) is 23.2. The highest BCUT2D eigenvalue weighted by molar-refractivity contribution is 5.84. The molecule has 0 amide bonds. The molecule has 1 aliphatic rings. The van der Waals surface area contributed by atoms with E-state index >= 15 is 0 Å².